The van der Waals surface area contributed by atoms with E-state index < -0.39 is 0 Å². The molecule has 0 saturated carbocycles. The molecule has 7 heteroatoms. The van der Waals surface area contributed by atoms with Gasteiger partial charge in [0, 0.05) is 49.4 Å². The van der Waals surface area contributed by atoms with Gasteiger partial charge >= 0.3 is 0 Å². The quantitative estimate of drug-likeness (QED) is 0.484. The number of thiophene rings is 1. The van der Waals surface area contributed by atoms with Gasteiger partial charge in [0.2, 0.25) is 0 Å². The zero-order chi connectivity index (χ0) is 18.9. The average molecular weight is 412 g/mol. The van der Waals surface area contributed by atoms with Crippen molar-refractivity contribution in [2.45, 2.75) is 13.0 Å². The topological polar surface area (TPSA) is 37.2 Å². The zero-order valence-electron chi connectivity index (χ0n) is 15.6. The summed E-state index contributed by atoms with van der Waals surface area (Å²) in [5.41, 5.74) is 2.19. The van der Waals surface area contributed by atoms with Crippen LogP contribution >= 0.6 is 22.9 Å². The molecule has 3 heterocycles. The fourth-order valence-corrected chi connectivity index (χ4v) is 5.31. The molecule has 0 N–H and O–H groups in total. The minimum absolute atomic E-state index is 0.842. The Labute approximate surface area is 173 Å². The van der Waals surface area contributed by atoms with Gasteiger partial charge in [0.25, 0.3) is 0 Å². The Morgan fingerprint density at radius 3 is 2.57 bits per heavy atom. The molecule has 4 aromatic rings. The van der Waals surface area contributed by atoms with E-state index in [1.54, 1.807) is 11.3 Å². The lowest BCUT2D eigenvalue weighted by molar-refractivity contribution is 0.249. The number of para-hydroxylation sites is 1. The number of aryl methyl sites for hydroxylation is 1. The van der Waals surface area contributed by atoms with Gasteiger partial charge in [0.1, 0.15) is 10.3 Å². The SMILES string of the molecule is Clc1ccccc1N1CCN(CCCn2nnc3c4ccccc4sc32)CC1. The average Bonchev–Trinajstić information content (AvgIpc) is 3.29. The molecular formula is C21H22ClN5S. The highest BCUT2D eigenvalue weighted by Gasteiger charge is 2.18. The third kappa shape index (κ3) is 3.36. The van der Waals surface area contributed by atoms with Crippen LogP contribution in [0.3, 0.4) is 0 Å². The molecule has 0 atom stereocenters. The summed E-state index contributed by atoms with van der Waals surface area (Å²) in [4.78, 5) is 6.10. The van der Waals surface area contributed by atoms with Crippen molar-refractivity contribution in [3.63, 3.8) is 0 Å². The van der Waals surface area contributed by atoms with Crippen LogP contribution in [0.2, 0.25) is 5.02 Å². The van der Waals surface area contributed by atoms with E-state index in [2.05, 4.69) is 61.2 Å². The largest absolute Gasteiger partial charge is 0.368 e. The van der Waals surface area contributed by atoms with E-state index in [0.29, 0.717) is 0 Å². The van der Waals surface area contributed by atoms with Gasteiger partial charge < -0.3 is 4.90 Å². The minimum atomic E-state index is 0.842. The Hall–Kier alpha value is -2.15. The van der Waals surface area contributed by atoms with E-state index in [4.69, 9.17) is 11.6 Å². The summed E-state index contributed by atoms with van der Waals surface area (Å²) < 4.78 is 3.35. The molecule has 1 aliphatic rings. The molecule has 0 bridgehead atoms. The standard InChI is InChI=1S/C21H22ClN5S/c22-17-7-2-3-8-18(17)26-14-12-25(13-15-26)10-5-11-27-21-20(23-24-27)16-6-1-4-9-19(16)28-21/h1-4,6-9H,5,10-15H2. The number of benzene rings is 2. The van der Waals surface area contributed by atoms with Gasteiger partial charge in [-0.1, -0.05) is 47.1 Å². The maximum absolute atomic E-state index is 6.34. The molecule has 0 unspecified atom stereocenters. The molecule has 1 saturated heterocycles. The highest BCUT2D eigenvalue weighted by atomic mass is 35.5. The van der Waals surface area contributed by atoms with Crippen molar-refractivity contribution in [3.05, 3.63) is 53.6 Å². The maximum Gasteiger partial charge on any atom is 0.143 e. The normalized spacial score (nSPS) is 15.7. The van der Waals surface area contributed by atoms with E-state index >= 15 is 0 Å². The summed E-state index contributed by atoms with van der Waals surface area (Å²) in [6, 6.07) is 16.6. The summed E-state index contributed by atoms with van der Waals surface area (Å²) in [5, 5.41) is 10.9. The number of hydrogen-bond acceptors (Lipinski definition) is 5. The van der Waals surface area contributed by atoms with Crippen molar-refractivity contribution >= 4 is 49.1 Å². The molecule has 2 aromatic carbocycles. The number of nitrogens with zero attached hydrogens (tertiary/aromatic N) is 5. The lowest BCUT2D eigenvalue weighted by atomic mass is 10.2. The molecule has 5 rings (SSSR count). The van der Waals surface area contributed by atoms with E-state index in [9.17, 15) is 0 Å². The van der Waals surface area contributed by atoms with Crippen LogP contribution in [0.25, 0.3) is 20.4 Å². The minimum Gasteiger partial charge on any atom is -0.368 e. The molecular weight excluding hydrogens is 390 g/mol. The van der Waals surface area contributed by atoms with Gasteiger partial charge in [-0.15, -0.1) is 16.4 Å². The number of rotatable bonds is 5. The van der Waals surface area contributed by atoms with Gasteiger partial charge in [-0.3, -0.25) is 4.90 Å². The Morgan fingerprint density at radius 1 is 0.929 bits per heavy atom. The Balaban J connectivity index is 1.17. The van der Waals surface area contributed by atoms with E-state index in [0.717, 1.165) is 61.9 Å². The van der Waals surface area contributed by atoms with Crippen LogP contribution in [0.1, 0.15) is 6.42 Å². The molecule has 0 amide bonds. The van der Waals surface area contributed by atoms with E-state index in [-0.39, 0.29) is 0 Å². The molecule has 1 fully saturated rings. The van der Waals surface area contributed by atoms with Crippen LogP contribution < -0.4 is 4.90 Å². The number of halogens is 1. The van der Waals surface area contributed by atoms with Crippen LogP contribution in [0.4, 0.5) is 5.69 Å². The van der Waals surface area contributed by atoms with Crippen LogP contribution in [-0.2, 0) is 6.54 Å². The lowest BCUT2D eigenvalue weighted by Gasteiger charge is -2.36. The first-order chi connectivity index (χ1) is 13.8. The smallest absolute Gasteiger partial charge is 0.143 e. The monoisotopic (exact) mass is 411 g/mol. The Morgan fingerprint density at radius 2 is 1.71 bits per heavy atom. The summed E-state index contributed by atoms with van der Waals surface area (Å²) >= 11 is 8.13. The summed E-state index contributed by atoms with van der Waals surface area (Å²) in [6.07, 6.45) is 1.08. The van der Waals surface area contributed by atoms with Crippen molar-refractivity contribution in [2.24, 2.45) is 0 Å². The van der Waals surface area contributed by atoms with Crippen LogP contribution in [0.5, 0.6) is 0 Å². The van der Waals surface area contributed by atoms with Gasteiger partial charge in [0.05, 0.1) is 10.7 Å². The Kier molecular flexibility index (Phi) is 4.93. The molecule has 5 nitrogen and oxygen atoms in total. The number of aromatic nitrogens is 3. The molecule has 0 spiro atoms. The highest BCUT2D eigenvalue weighted by molar-refractivity contribution is 7.25. The predicted molar refractivity (Wildman–Crippen MR) is 118 cm³/mol. The first-order valence-corrected chi connectivity index (χ1v) is 10.9. The second-order valence-corrected chi connectivity index (χ2v) is 8.64. The van der Waals surface area contributed by atoms with Crippen molar-refractivity contribution < 1.29 is 0 Å². The van der Waals surface area contributed by atoms with E-state index in [1.165, 1.54) is 14.9 Å². The van der Waals surface area contributed by atoms with Crippen molar-refractivity contribution in [3.8, 4) is 0 Å². The molecule has 144 valence electrons. The second-order valence-electron chi connectivity index (χ2n) is 7.20. The first kappa shape index (κ1) is 17.9. The third-order valence-electron chi connectivity index (χ3n) is 5.45. The number of hydrogen-bond donors (Lipinski definition) is 0. The van der Waals surface area contributed by atoms with Crippen molar-refractivity contribution in [1.29, 1.82) is 0 Å². The number of fused-ring (bicyclic) bond motifs is 3. The third-order valence-corrected chi connectivity index (χ3v) is 6.94. The fourth-order valence-electron chi connectivity index (χ4n) is 3.94. The van der Waals surface area contributed by atoms with Crippen LogP contribution in [0.15, 0.2) is 48.5 Å². The predicted octanol–water partition coefficient (Wildman–Crippen LogP) is 4.51. The number of anilines is 1. The van der Waals surface area contributed by atoms with E-state index in [1.807, 2.05) is 12.1 Å². The molecule has 0 radical (unpaired) electrons. The van der Waals surface area contributed by atoms with Crippen LogP contribution in [-0.4, -0.2) is 52.6 Å². The first-order valence-electron chi connectivity index (χ1n) is 9.72. The van der Waals surface area contributed by atoms with Gasteiger partial charge in [-0.05, 0) is 24.6 Å². The van der Waals surface area contributed by atoms with Crippen molar-refractivity contribution in [2.75, 3.05) is 37.6 Å². The highest BCUT2D eigenvalue weighted by Crippen LogP contribution is 2.32. The summed E-state index contributed by atoms with van der Waals surface area (Å²) in [5.74, 6) is 0. The fraction of sp³-hybridized carbons (Fsp3) is 0.333. The summed E-state index contributed by atoms with van der Waals surface area (Å²) in [7, 11) is 0. The molecule has 1 aliphatic heterocycles. The van der Waals surface area contributed by atoms with Crippen LogP contribution in [0, 0.1) is 0 Å². The number of piperazine rings is 1. The maximum atomic E-state index is 6.34. The van der Waals surface area contributed by atoms with Gasteiger partial charge in [-0.25, -0.2) is 4.68 Å². The Bertz CT molecular complexity index is 1100. The molecule has 2 aromatic heterocycles. The van der Waals surface area contributed by atoms with Crippen molar-refractivity contribution in [1.82, 2.24) is 19.9 Å². The second kappa shape index (κ2) is 7.70. The molecule has 0 aliphatic carbocycles. The summed E-state index contributed by atoms with van der Waals surface area (Å²) in [6.45, 7) is 6.18. The van der Waals surface area contributed by atoms with Gasteiger partial charge in [-0.2, -0.15) is 0 Å². The molecule has 28 heavy (non-hydrogen) atoms. The lowest BCUT2D eigenvalue weighted by Crippen LogP contribution is -2.46. The van der Waals surface area contributed by atoms with Gasteiger partial charge in [0.15, 0.2) is 0 Å². The zero-order valence-corrected chi connectivity index (χ0v) is 17.2.